The number of fused-ring (bicyclic) bond motifs is 1. The van der Waals surface area contributed by atoms with Gasteiger partial charge in [0.1, 0.15) is 5.82 Å². The zero-order chi connectivity index (χ0) is 16.2. The molecule has 1 aliphatic heterocycles. The number of para-hydroxylation sites is 2. The summed E-state index contributed by atoms with van der Waals surface area (Å²) in [5, 5.41) is 10.4. The number of hydrogen-bond donors (Lipinski definition) is 1. The first kappa shape index (κ1) is 16.1. The summed E-state index contributed by atoms with van der Waals surface area (Å²) in [5.41, 5.74) is 1.77. The van der Waals surface area contributed by atoms with Crippen LogP contribution in [-0.4, -0.2) is 84.3 Å². The Bertz CT molecular complexity index is 642. The van der Waals surface area contributed by atoms with Crippen LogP contribution < -0.4 is 4.90 Å². The van der Waals surface area contributed by atoms with E-state index in [4.69, 9.17) is 0 Å². The van der Waals surface area contributed by atoms with E-state index in [-0.39, 0.29) is 0 Å². The van der Waals surface area contributed by atoms with Gasteiger partial charge in [-0.1, -0.05) is 12.1 Å². The van der Waals surface area contributed by atoms with Crippen LogP contribution >= 0.6 is 0 Å². The summed E-state index contributed by atoms with van der Waals surface area (Å²) in [5.74, 6) is 0.793. The topological polar surface area (TPSA) is 55.7 Å². The Hall–Kier alpha value is -1.76. The lowest BCUT2D eigenvalue weighted by Gasteiger charge is -2.34. The number of anilines is 1. The second-order valence-corrected chi connectivity index (χ2v) is 6.36. The van der Waals surface area contributed by atoms with Gasteiger partial charge in [-0.25, -0.2) is 4.98 Å². The van der Waals surface area contributed by atoms with Crippen molar-refractivity contribution >= 4 is 16.9 Å². The van der Waals surface area contributed by atoms with Crippen molar-refractivity contribution in [1.29, 1.82) is 0 Å². The molecule has 0 aliphatic carbocycles. The molecule has 1 fully saturated rings. The molecule has 1 saturated heterocycles. The summed E-state index contributed by atoms with van der Waals surface area (Å²) in [7, 11) is 4.09. The molecule has 1 aromatic heterocycles. The first-order chi connectivity index (χ1) is 11.1. The van der Waals surface area contributed by atoms with Crippen molar-refractivity contribution in [3.8, 4) is 0 Å². The van der Waals surface area contributed by atoms with E-state index in [0.29, 0.717) is 13.1 Å². The van der Waals surface area contributed by atoms with Crippen LogP contribution in [0.4, 0.5) is 5.82 Å². The Morgan fingerprint density at radius 1 is 1.17 bits per heavy atom. The highest BCUT2D eigenvalue weighted by Gasteiger charge is 2.18. The first-order valence-electron chi connectivity index (χ1n) is 8.14. The summed E-state index contributed by atoms with van der Waals surface area (Å²) in [6.45, 7) is 5.44. The van der Waals surface area contributed by atoms with Crippen molar-refractivity contribution in [2.24, 2.45) is 0 Å². The molecule has 6 heteroatoms. The summed E-state index contributed by atoms with van der Waals surface area (Å²) in [4.78, 5) is 15.7. The number of piperazine rings is 1. The van der Waals surface area contributed by atoms with Gasteiger partial charge < -0.3 is 14.9 Å². The van der Waals surface area contributed by atoms with Crippen LogP contribution in [-0.2, 0) is 0 Å². The molecule has 1 atom stereocenters. The number of β-amino-alcohol motifs (C(OH)–C–C–N with tert-alkyl or cyclic N) is 1. The Kier molecular flexibility index (Phi) is 5.05. The quantitative estimate of drug-likeness (QED) is 0.875. The van der Waals surface area contributed by atoms with E-state index in [9.17, 15) is 5.11 Å². The van der Waals surface area contributed by atoms with Gasteiger partial charge in [-0.15, -0.1) is 0 Å². The normalized spacial score (nSPS) is 18.2. The van der Waals surface area contributed by atoms with Crippen LogP contribution in [0.2, 0.25) is 0 Å². The molecule has 0 bridgehead atoms. The van der Waals surface area contributed by atoms with Crippen LogP contribution in [0.3, 0.4) is 0 Å². The van der Waals surface area contributed by atoms with E-state index < -0.39 is 6.10 Å². The highest BCUT2D eigenvalue weighted by molar-refractivity contribution is 5.75. The average Bonchev–Trinajstić information content (AvgIpc) is 2.56. The molecule has 1 aliphatic rings. The molecule has 2 aromatic rings. The van der Waals surface area contributed by atoms with E-state index in [0.717, 1.165) is 43.0 Å². The van der Waals surface area contributed by atoms with Gasteiger partial charge >= 0.3 is 0 Å². The number of benzene rings is 1. The second-order valence-electron chi connectivity index (χ2n) is 6.36. The minimum absolute atomic E-state index is 0.392. The summed E-state index contributed by atoms with van der Waals surface area (Å²) in [6, 6.07) is 7.83. The maximum absolute atomic E-state index is 10.4. The summed E-state index contributed by atoms with van der Waals surface area (Å²) in [6.07, 6.45) is 1.38. The molecule has 1 N–H and O–H groups in total. The molecular weight excluding hydrogens is 290 g/mol. The predicted octanol–water partition coefficient (Wildman–Crippen LogP) is 0.674. The van der Waals surface area contributed by atoms with Crippen molar-refractivity contribution in [2.75, 3.05) is 58.3 Å². The summed E-state index contributed by atoms with van der Waals surface area (Å²) < 4.78 is 0. The molecule has 0 spiro atoms. The zero-order valence-corrected chi connectivity index (χ0v) is 13.9. The third-order valence-corrected chi connectivity index (χ3v) is 4.38. The molecule has 0 unspecified atom stereocenters. The lowest BCUT2D eigenvalue weighted by Crippen LogP contribution is -2.48. The zero-order valence-electron chi connectivity index (χ0n) is 13.9. The largest absolute Gasteiger partial charge is 0.390 e. The van der Waals surface area contributed by atoms with E-state index in [2.05, 4.69) is 26.8 Å². The van der Waals surface area contributed by atoms with E-state index in [1.165, 1.54) is 0 Å². The highest BCUT2D eigenvalue weighted by Crippen LogP contribution is 2.14. The minimum Gasteiger partial charge on any atom is -0.390 e. The van der Waals surface area contributed by atoms with Gasteiger partial charge in [0, 0.05) is 46.3 Å². The standard InChI is InChI=1S/C17H25N5O/c1-20-7-9-22(10-8-20)13-14(23)12-21(2)17-11-18-15-5-3-4-6-16(15)19-17/h3-6,11,14,23H,7-10,12-13H2,1-2H3/t14-/m0/s1. The maximum Gasteiger partial charge on any atom is 0.147 e. The molecule has 124 valence electrons. The van der Waals surface area contributed by atoms with Gasteiger partial charge in [0.2, 0.25) is 0 Å². The van der Waals surface area contributed by atoms with Crippen LogP contribution in [0.1, 0.15) is 0 Å². The molecule has 6 nitrogen and oxygen atoms in total. The Morgan fingerprint density at radius 3 is 2.61 bits per heavy atom. The monoisotopic (exact) mass is 315 g/mol. The van der Waals surface area contributed by atoms with E-state index in [1.807, 2.05) is 36.2 Å². The number of aliphatic hydroxyl groups excluding tert-OH is 1. The Morgan fingerprint density at radius 2 is 1.87 bits per heavy atom. The fraction of sp³-hybridized carbons (Fsp3) is 0.529. The van der Waals surface area contributed by atoms with Gasteiger partial charge in [0.15, 0.2) is 0 Å². The number of likely N-dealkylation sites (N-methyl/N-ethyl adjacent to an activating group) is 2. The first-order valence-corrected chi connectivity index (χ1v) is 8.14. The van der Waals surface area contributed by atoms with Crippen molar-refractivity contribution in [3.63, 3.8) is 0 Å². The van der Waals surface area contributed by atoms with Gasteiger partial charge in [-0.05, 0) is 19.2 Å². The summed E-state index contributed by atoms with van der Waals surface area (Å²) >= 11 is 0. The average molecular weight is 315 g/mol. The molecule has 2 heterocycles. The number of rotatable bonds is 5. The fourth-order valence-electron chi connectivity index (χ4n) is 2.93. The predicted molar refractivity (Wildman–Crippen MR) is 92.8 cm³/mol. The smallest absolute Gasteiger partial charge is 0.147 e. The van der Waals surface area contributed by atoms with Gasteiger partial charge in [0.25, 0.3) is 0 Å². The minimum atomic E-state index is -0.392. The van der Waals surface area contributed by atoms with Crippen molar-refractivity contribution in [1.82, 2.24) is 19.8 Å². The number of aliphatic hydroxyl groups is 1. The molecule has 0 saturated carbocycles. The van der Waals surface area contributed by atoms with Crippen molar-refractivity contribution in [3.05, 3.63) is 30.5 Å². The van der Waals surface area contributed by atoms with Crippen molar-refractivity contribution < 1.29 is 5.11 Å². The number of hydrogen-bond acceptors (Lipinski definition) is 6. The number of nitrogens with zero attached hydrogens (tertiary/aromatic N) is 5. The second kappa shape index (κ2) is 7.21. The maximum atomic E-state index is 10.4. The highest BCUT2D eigenvalue weighted by atomic mass is 16.3. The van der Waals surface area contributed by atoms with Crippen LogP contribution in [0.25, 0.3) is 11.0 Å². The van der Waals surface area contributed by atoms with Crippen LogP contribution in [0.5, 0.6) is 0 Å². The molecule has 0 amide bonds. The Balaban J connectivity index is 1.57. The molecule has 3 rings (SSSR count). The van der Waals surface area contributed by atoms with E-state index >= 15 is 0 Å². The van der Waals surface area contributed by atoms with E-state index in [1.54, 1.807) is 6.20 Å². The Labute approximate surface area is 137 Å². The molecule has 1 aromatic carbocycles. The van der Waals surface area contributed by atoms with Crippen LogP contribution in [0.15, 0.2) is 30.5 Å². The molecule has 23 heavy (non-hydrogen) atoms. The number of aromatic nitrogens is 2. The lowest BCUT2D eigenvalue weighted by atomic mass is 10.2. The lowest BCUT2D eigenvalue weighted by molar-refractivity contribution is 0.0842. The SMILES string of the molecule is CN1CCN(C[C@@H](O)CN(C)c2cnc3ccccc3n2)CC1. The van der Waals surface area contributed by atoms with Crippen molar-refractivity contribution in [2.45, 2.75) is 6.10 Å². The van der Waals surface area contributed by atoms with Gasteiger partial charge in [0.05, 0.1) is 23.3 Å². The van der Waals surface area contributed by atoms with Crippen LogP contribution in [0, 0.1) is 0 Å². The molecular formula is C17H25N5O. The molecule has 0 radical (unpaired) electrons. The fourth-order valence-corrected chi connectivity index (χ4v) is 2.93. The van der Waals surface area contributed by atoms with Gasteiger partial charge in [-0.2, -0.15) is 0 Å². The third kappa shape index (κ3) is 4.16. The van der Waals surface area contributed by atoms with Gasteiger partial charge in [-0.3, -0.25) is 9.88 Å². The third-order valence-electron chi connectivity index (χ3n) is 4.38.